The van der Waals surface area contributed by atoms with Gasteiger partial charge in [0.05, 0.1) is 4.47 Å². The van der Waals surface area contributed by atoms with Gasteiger partial charge < -0.3 is 10.6 Å². The predicted octanol–water partition coefficient (Wildman–Crippen LogP) is 3.81. The van der Waals surface area contributed by atoms with E-state index in [1.54, 1.807) is 6.20 Å². The van der Waals surface area contributed by atoms with Crippen molar-refractivity contribution in [2.45, 2.75) is 51.5 Å². The van der Waals surface area contributed by atoms with Gasteiger partial charge in [-0.2, -0.15) is 4.98 Å². The van der Waals surface area contributed by atoms with Crippen molar-refractivity contribution in [1.29, 1.82) is 0 Å². The maximum absolute atomic E-state index is 4.52. The van der Waals surface area contributed by atoms with Crippen LogP contribution in [0.15, 0.2) is 10.7 Å². The normalized spacial score (nSPS) is 18.4. The van der Waals surface area contributed by atoms with Gasteiger partial charge in [-0.25, -0.2) is 4.98 Å². The van der Waals surface area contributed by atoms with E-state index in [0.717, 1.165) is 16.8 Å². The zero-order valence-corrected chi connectivity index (χ0v) is 12.7. The molecule has 5 heteroatoms. The van der Waals surface area contributed by atoms with Crippen molar-refractivity contribution in [3.05, 3.63) is 10.7 Å². The second-order valence-electron chi connectivity index (χ2n) is 5.17. The van der Waals surface area contributed by atoms with Crippen LogP contribution < -0.4 is 10.6 Å². The SMILES string of the molecule is CCNc1ncc(Br)c(NC2(C)CCCCC2)n1. The Labute approximate surface area is 117 Å². The molecule has 1 aromatic rings. The van der Waals surface area contributed by atoms with E-state index < -0.39 is 0 Å². The number of anilines is 2. The Morgan fingerprint density at radius 1 is 1.33 bits per heavy atom. The minimum atomic E-state index is 0.165. The Hall–Kier alpha value is -0.840. The van der Waals surface area contributed by atoms with E-state index in [-0.39, 0.29) is 5.54 Å². The fourth-order valence-corrected chi connectivity index (χ4v) is 2.73. The molecule has 0 unspecified atom stereocenters. The van der Waals surface area contributed by atoms with Gasteiger partial charge in [-0.15, -0.1) is 0 Å². The van der Waals surface area contributed by atoms with E-state index in [9.17, 15) is 0 Å². The molecule has 0 aromatic carbocycles. The van der Waals surface area contributed by atoms with Gasteiger partial charge in [-0.3, -0.25) is 0 Å². The summed E-state index contributed by atoms with van der Waals surface area (Å²) in [7, 11) is 0. The van der Waals surface area contributed by atoms with E-state index in [4.69, 9.17) is 0 Å². The molecule has 2 rings (SSSR count). The highest BCUT2D eigenvalue weighted by atomic mass is 79.9. The Morgan fingerprint density at radius 3 is 2.72 bits per heavy atom. The van der Waals surface area contributed by atoms with Crippen LogP contribution in [0.1, 0.15) is 46.0 Å². The molecule has 1 aliphatic rings. The highest BCUT2D eigenvalue weighted by Crippen LogP contribution is 2.32. The molecule has 0 bridgehead atoms. The van der Waals surface area contributed by atoms with Gasteiger partial charge in [0.25, 0.3) is 0 Å². The Kier molecular flexibility index (Phi) is 4.43. The third kappa shape index (κ3) is 3.34. The van der Waals surface area contributed by atoms with Crippen LogP contribution in [0.3, 0.4) is 0 Å². The number of halogens is 1. The monoisotopic (exact) mass is 312 g/mol. The average Bonchev–Trinajstić information content (AvgIpc) is 2.34. The van der Waals surface area contributed by atoms with Gasteiger partial charge in [0.2, 0.25) is 5.95 Å². The van der Waals surface area contributed by atoms with Crippen molar-refractivity contribution < 1.29 is 0 Å². The summed E-state index contributed by atoms with van der Waals surface area (Å²) in [5, 5.41) is 6.73. The molecule has 4 nitrogen and oxygen atoms in total. The second-order valence-corrected chi connectivity index (χ2v) is 6.02. The van der Waals surface area contributed by atoms with Crippen LogP contribution in [0.5, 0.6) is 0 Å². The van der Waals surface area contributed by atoms with Crippen LogP contribution in [0.25, 0.3) is 0 Å². The van der Waals surface area contributed by atoms with E-state index in [1.165, 1.54) is 32.1 Å². The Morgan fingerprint density at radius 2 is 2.06 bits per heavy atom. The van der Waals surface area contributed by atoms with Crippen molar-refractivity contribution in [2.75, 3.05) is 17.2 Å². The smallest absolute Gasteiger partial charge is 0.224 e. The maximum Gasteiger partial charge on any atom is 0.224 e. The molecule has 0 radical (unpaired) electrons. The second kappa shape index (κ2) is 5.87. The van der Waals surface area contributed by atoms with Crippen LogP contribution in [0.4, 0.5) is 11.8 Å². The molecule has 1 aliphatic carbocycles. The zero-order valence-electron chi connectivity index (χ0n) is 11.1. The van der Waals surface area contributed by atoms with Crippen LogP contribution >= 0.6 is 15.9 Å². The molecule has 0 saturated heterocycles. The third-order valence-electron chi connectivity index (χ3n) is 3.46. The summed E-state index contributed by atoms with van der Waals surface area (Å²) in [5.41, 5.74) is 0.165. The van der Waals surface area contributed by atoms with Crippen LogP contribution in [0.2, 0.25) is 0 Å². The zero-order chi connectivity index (χ0) is 13.0. The Bertz CT molecular complexity index is 402. The van der Waals surface area contributed by atoms with Gasteiger partial charge in [0.1, 0.15) is 5.82 Å². The van der Waals surface area contributed by atoms with Crippen molar-refractivity contribution >= 4 is 27.7 Å². The van der Waals surface area contributed by atoms with E-state index >= 15 is 0 Å². The first kappa shape index (κ1) is 13.6. The lowest BCUT2D eigenvalue weighted by Gasteiger charge is -2.35. The quantitative estimate of drug-likeness (QED) is 0.887. The van der Waals surface area contributed by atoms with Crippen molar-refractivity contribution in [1.82, 2.24) is 9.97 Å². The molecule has 0 atom stereocenters. The fourth-order valence-electron chi connectivity index (χ4n) is 2.44. The highest BCUT2D eigenvalue weighted by Gasteiger charge is 2.27. The summed E-state index contributed by atoms with van der Waals surface area (Å²) >= 11 is 3.52. The molecule has 18 heavy (non-hydrogen) atoms. The molecule has 2 N–H and O–H groups in total. The lowest BCUT2D eigenvalue weighted by Crippen LogP contribution is -2.37. The van der Waals surface area contributed by atoms with E-state index in [2.05, 4.69) is 43.5 Å². The van der Waals surface area contributed by atoms with Crippen LogP contribution in [-0.4, -0.2) is 22.1 Å². The van der Waals surface area contributed by atoms with Crippen LogP contribution in [-0.2, 0) is 0 Å². The number of nitrogens with zero attached hydrogens (tertiary/aromatic N) is 2. The topological polar surface area (TPSA) is 49.8 Å². The predicted molar refractivity (Wildman–Crippen MR) is 79.0 cm³/mol. The summed E-state index contributed by atoms with van der Waals surface area (Å²) in [4.78, 5) is 8.76. The fraction of sp³-hybridized carbons (Fsp3) is 0.692. The molecular formula is C13H21BrN4. The maximum atomic E-state index is 4.52. The first-order valence-corrected chi connectivity index (χ1v) is 7.47. The molecule has 0 amide bonds. The average molecular weight is 313 g/mol. The minimum Gasteiger partial charge on any atom is -0.364 e. The van der Waals surface area contributed by atoms with Crippen molar-refractivity contribution in [3.63, 3.8) is 0 Å². The van der Waals surface area contributed by atoms with Gasteiger partial charge in [-0.1, -0.05) is 19.3 Å². The number of aromatic nitrogens is 2. The molecule has 1 fully saturated rings. The largest absolute Gasteiger partial charge is 0.364 e. The molecule has 1 saturated carbocycles. The third-order valence-corrected chi connectivity index (χ3v) is 4.04. The summed E-state index contributed by atoms with van der Waals surface area (Å²) in [6, 6.07) is 0. The van der Waals surface area contributed by atoms with Crippen molar-refractivity contribution in [3.8, 4) is 0 Å². The molecule has 100 valence electrons. The number of nitrogens with one attached hydrogen (secondary N) is 2. The minimum absolute atomic E-state index is 0.165. The lowest BCUT2D eigenvalue weighted by molar-refractivity contribution is 0.348. The first-order chi connectivity index (χ1) is 8.63. The molecular weight excluding hydrogens is 292 g/mol. The van der Waals surface area contributed by atoms with E-state index in [1.807, 2.05) is 6.92 Å². The molecule has 1 aromatic heterocycles. The van der Waals surface area contributed by atoms with Gasteiger partial charge in [0.15, 0.2) is 0 Å². The summed E-state index contributed by atoms with van der Waals surface area (Å²) < 4.78 is 0.927. The number of hydrogen-bond acceptors (Lipinski definition) is 4. The van der Waals surface area contributed by atoms with E-state index in [0.29, 0.717) is 5.95 Å². The van der Waals surface area contributed by atoms with Gasteiger partial charge in [-0.05, 0) is 42.6 Å². The van der Waals surface area contributed by atoms with Gasteiger partial charge >= 0.3 is 0 Å². The molecule has 1 heterocycles. The number of hydrogen-bond donors (Lipinski definition) is 2. The van der Waals surface area contributed by atoms with Crippen LogP contribution in [0, 0.1) is 0 Å². The summed E-state index contributed by atoms with van der Waals surface area (Å²) in [5.74, 6) is 1.58. The summed E-state index contributed by atoms with van der Waals surface area (Å²) in [6.07, 6.45) is 8.17. The first-order valence-electron chi connectivity index (χ1n) is 6.67. The Balaban J connectivity index is 2.14. The van der Waals surface area contributed by atoms with Crippen molar-refractivity contribution in [2.24, 2.45) is 0 Å². The summed E-state index contributed by atoms with van der Waals surface area (Å²) in [6.45, 7) is 5.16. The highest BCUT2D eigenvalue weighted by molar-refractivity contribution is 9.10. The molecule has 0 aliphatic heterocycles. The molecule has 0 spiro atoms. The standard InChI is InChI=1S/C13H21BrN4/c1-3-15-12-16-9-10(14)11(17-12)18-13(2)7-5-4-6-8-13/h9H,3-8H2,1-2H3,(H2,15,16,17,18). The lowest BCUT2D eigenvalue weighted by atomic mass is 9.83. The van der Waals surface area contributed by atoms with Gasteiger partial charge in [0, 0.05) is 18.3 Å². The number of rotatable bonds is 4.